The predicted octanol–water partition coefficient (Wildman–Crippen LogP) is 2.90. The summed E-state index contributed by atoms with van der Waals surface area (Å²) in [6, 6.07) is 18.4. The molecular weight excluding hydrogens is 264 g/mol. The fraction of sp³-hybridized carbons (Fsp3) is 0. The van der Waals surface area contributed by atoms with Gasteiger partial charge in [-0.05, 0) is 23.8 Å². The van der Waals surface area contributed by atoms with Gasteiger partial charge in [-0.25, -0.2) is 4.79 Å². The maximum atomic E-state index is 11.8. The zero-order chi connectivity index (χ0) is 14.7. The summed E-state index contributed by atoms with van der Waals surface area (Å²) in [6.45, 7) is 0. The van der Waals surface area contributed by atoms with E-state index in [0.29, 0.717) is 16.8 Å². The number of oxime groups is 1. The van der Waals surface area contributed by atoms with Crippen LogP contribution >= 0.6 is 0 Å². The van der Waals surface area contributed by atoms with Gasteiger partial charge in [-0.2, -0.15) is 5.26 Å². The summed E-state index contributed by atoms with van der Waals surface area (Å²) < 4.78 is 0. The average molecular weight is 274 g/mol. The maximum absolute atomic E-state index is 11.8. The second-order valence-electron chi connectivity index (χ2n) is 4.48. The van der Waals surface area contributed by atoms with E-state index in [1.165, 1.54) is 0 Å². The molecule has 4 nitrogen and oxygen atoms in total. The Morgan fingerprint density at radius 3 is 2.43 bits per heavy atom. The molecule has 2 aromatic rings. The number of hydrogen-bond donors (Lipinski definition) is 0. The Labute approximate surface area is 121 Å². The van der Waals surface area contributed by atoms with E-state index >= 15 is 0 Å². The summed E-state index contributed by atoms with van der Waals surface area (Å²) in [4.78, 5) is 16.6. The first-order chi connectivity index (χ1) is 10.3. The van der Waals surface area contributed by atoms with Crippen LogP contribution in [0.3, 0.4) is 0 Å². The van der Waals surface area contributed by atoms with Gasteiger partial charge in [-0.3, -0.25) is 0 Å². The number of hydrogen-bond acceptors (Lipinski definition) is 4. The predicted molar refractivity (Wildman–Crippen MR) is 78.2 cm³/mol. The molecule has 1 aliphatic rings. The van der Waals surface area contributed by atoms with Gasteiger partial charge in [-0.1, -0.05) is 47.6 Å². The smallest absolute Gasteiger partial charge is 0.312 e. The molecule has 0 radical (unpaired) electrons. The van der Waals surface area contributed by atoms with E-state index in [4.69, 9.17) is 10.1 Å². The molecule has 0 saturated carbocycles. The molecule has 0 N–H and O–H groups in total. The minimum absolute atomic E-state index is 0.408. The Hall–Kier alpha value is -3.19. The summed E-state index contributed by atoms with van der Waals surface area (Å²) in [7, 11) is 0. The van der Waals surface area contributed by atoms with E-state index in [-0.39, 0.29) is 0 Å². The number of nitrogens with zero attached hydrogens (tertiary/aromatic N) is 2. The number of nitriles is 1. The number of benzene rings is 2. The molecule has 0 atom stereocenters. The van der Waals surface area contributed by atoms with Crippen LogP contribution in [0, 0.1) is 11.3 Å². The van der Waals surface area contributed by atoms with E-state index in [0.717, 1.165) is 11.1 Å². The first-order valence-corrected chi connectivity index (χ1v) is 6.35. The van der Waals surface area contributed by atoms with Crippen LogP contribution in [0.15, 0.2) is 65.3 Å². The van der Waals surface area contributed by atoms with Gasteiger partial charge in [0.05, 0.1) is 17.2 Å². The Balaban J connectivity index is 1.98. The zero-order valence-electron chi connectivity index (χ0n) is 11.0. The van der Waals surface area contributed by atoms with Crippen LogP contribution in [0.2, 0.25) is 0 Å². The fourth-order valence-corrected chi connectivity index (χ4v) is 2.03. The van der Waals surface area contributed by atoms with Gasteiger partial charge in [0.2, 0.25) is 0 Å². The summed E-state index contributed by atoms with van der Waals surface area (Å²) in [5.74, 6) is -0.474. The zero-order valence-corrected chi connectivity index (χ0v) is 11.0. The van der Waals surface area contributed by atoms with Crippen molar-refractivity contribution in [3.63, 3.8) is 0 Å². The third-order valence-corrected chi connectivity index (χ3v) is 3.09. The van der Waals surface area contributed by atoms with Crippen LogP contribution in [0.1, 0.15) is 16.7 Å². The normalized spacial score (nSPS) is 15.5. The van der Waals surface area contributed by atoms with Gasteiger partial charge in [0.25, 0.3) is 0 Å². The Kier molecular flexibility index (Phi) is 3.32. The first-order valence-electron chi connectivity index (χ1n) is 6.35. The topological polar surface area (TPSA) is 62.5 Å². The van der Waals surface area contributed by atoms with Crippen molar-refractivity contribution in [3.8, 4) is 6.07 Å². The summed E-state index contributed by atoms with van der Waals surface area (Å²) in [6.07, 6.45) is 1.71. The molecule has 4 heteroatoms. The number of carbonyl (C=O) groups is 1. The summed E-state index contributed by atoms with van der Waals surface area (Å²) in [5.41, 5.74) is 3.13. The molecule has 0 fully saturated rings. The van der Waals surface area contributed by atoms with Crippen LogP contribution in [0.25, 0.3) is 6.08 Å². The van der Waals surface area contributed by atoms with Crippen molar-refractivity contribution in [3.05, 3.63) is 76.9 Å². The molecule has 0 saturated heterocycles. The van der Waals surface area contributed by atoms with Crippen molar-refractivity contribution in [2.75, 3.05) is 0 Å². The molecular formula is C17H10N2O2. The summed E-state index contributed by atoms with van der Waals surface area (Å²) in [5, 5.41) is 12.6. The number of rotatable bonds is 2. The van der Waals surface area contributed by atoms with Crippen molar-refractivity contribution in [2.24, 2.45) is 5.16 Å². The molecule has 1 aliphatic heterocycles. The average Bonchev–Trinajstić information content (AvgIpc) is 2.90. The molecule has 0 spiro atoms. The Morgan fingerprint density at radius 2 is 1.76 bits per heavy atom. The van der Waals surface area contributed by atoms with Crippen molar-refractivity contribution in [2.45, 2.75) is 0 Å². The van der Waals surface area contributed by atoms with Crippen molar-refractivity contribution >= 4 is 17.8 Å². The molecule has 3 rings (SSSR count). The lowest BCUT2D eigenvalue weighted by Crippen LogP contribution is -2.06. The highest BCUT2D eigenvalue weighted by Crippen LogP contribution is 2.20. The first kappa shape index (κ1) is 12.8. The highest BCUT2D eigenvalue weighted by molar-refractivity contribution is 6.31. The third kappa shape index (κ3) is 2.58. The van der Waals surface area contributed by atoms with Crippen molar-refractivity contribution in [1.29, 1.82) is 5.26 Å². The molecule has 0 aromatic heterocycles. The van der Waals surface area contributed by atoms with Crippen molar-refractivity contribution < 1.29 is 9.63 Å². The quantitative estimate of drug-likeness (QED) is 0.625. The van der Waals surface area contributed by atoms with Gasteiger partial charge >= 0.3 is 5.97 Å². The van der Waals surface area contributed by atoms with Gasteiger partial charge < -0.3 is 4.84 Å². The van der Waals surface area contributed by atoms with E-state index in [1.807, 2.05) is 30.3 Å². The molecule has 0 bridgehead atoms. The fourth-order valence-electron chi connectivity index (χ4n) is 2.03. The van der Waals surface area contributed by atoms with Crippen LogP contribution in [0.5, 0.6) is 0 Å². The van der Waals surface area contributed by atoms with Gasteiger partial charge in [0.1, 0.15) is 5.71 Å². The van der Waals surface area contributed by atoms with E-state index in [9.17, 15) is 4.79 Å². The molecule has 1 heterocycles. The molecule has 2 aromatic carbocycles. The second kappa shape index (κ2) is 5.43. The highest BCUT2D eigenvalue weighted by atomic mass is 16.7. The third-order valence-electron chi connectivity index (χ3n) is 3.09. The Bertz CT molecular complexity index is 782. The highest BCUT2D eigenvalue weighted by Gasteiger charge is 2.26. The molecule has 0 amide bonds. The molecule has 100 valence electrons. The van der Waals surface area contributed by atoms with Crippen LogP contribution < -0.4 is 0 Å². The van der Waals surface area contributed by atoms with Crippen LogP contribution in [-0.4, -0.2) is 11.7 Å². The molecule has 0 unspecified atom stereocenters. The monoisotopic (exact) mass is 274 g/mol. The van der Waals surface area contributed by atoms with Gasteiger partial charge in [-0.15, -0.1) is 0 Å². The lowest BCUT2D eigenvalue weighted by Gasteiger charge is -2.00. The molecule has 21 heavy (non-hydrogen) atoms. The van der Waals surface area contributed by atoms with Crippen LogP contribution in [-0.2, 0) is 9.63 Å². The van der Waals surface area contributed by atoms with E-state index in [1.54, 1.807) is 30.3 Å². The minimum Gasteiger partial charge on any atom is -0.312 e. The maximum Gasteiger partial charge on any atom is 0.368 e. The second-order valence-corrected chi connectivity index (χ2v) is 4.48. The van der Waals surface area contributed by atoms with E-state index < -0.39 is 5.97 Å². The SMILES string of the molecule is N#Cc1ccc(C=C2C(=O)ON=C2c2ccccc2)cc1. The van der Waals surface area contributed by atoms with Gasteiger partial charge in [0, 0.05) is 5.56 Å². The largest absolute Gasteiger partial charge is 0.368 e. The Morgan fingerprint density at radius 1 is 1.05 bits per heavy atom. The molecule has 0 aliphatic carbocycles. The van der Waals surface area contributed by atoms with Gasteiger partial charge in [0.15, 0.2) is 0 Å². The minimum atomic E-state index is -0.474. The van der Waals surface area contributed by atoms with Crippen molar-refractivity contribution in [1.82, 2.24) is 0 Å². The van der Waals surface area contributed by atoms with E-state index in [2.05, 4.69) is 11.2 Å². The lowest BCUT2D eigenvalue weighted by molar-refractivity contribution is -0.136. The van der Waals surface area contributed by atoms with Crippen LogP contribution in [0.4, 0.5) is 0 Å². The number of carbonyl (C=O) groups excluding carboxylic acids is 1. The summed E-state index contributed by atoms with van der Waals surface area (Å²) >= 11 is 0. The lowest BCUT2D eigenvalue weighted by atomic mass is 10.0. The standard InChI is InChI=1S/C17H10N2O2/c18-11-13-8-6-12(7-9-13)10-15-16(19-21-17(15)20)14-4-2-1-3-5-14/h1-10H.